The standard InChI is InChI=1S/C25H31N3O4S/c1-17(2)27-33(30,31)24-12-9-22(10-13-24)26-25(29)18(3)28(4)16-19-6-7-21-15-23(32-5)11-8-20(21)14-19/h6-15,17-18,27H,16H2,1-5H3,(H,26,29). The van der Waals surface area contributed by atoms with Crippen LogP contribution in [0.2, 0.25) is 0 Å². The van der Waals surface area contributed by atoms with Crippen molar-refractivity contribution in [1.29, 1.82) is 0 Å². The fourth-order valence-corrected chi connectivity index (χ4v) is 4.72. The summed E-state index contributed by atoms with van der Waals surface area (Å²) < 4.78 is 32.3. The Balaban J connectivity index is 1.63. The predicted molar refractivity (Wildman–Crippen MR) is 132 cm³/mol. The number of anilines is 1. The third-order valence-corrected chi connectivity index (χ3v) is 7.08. The molecule has 1 atom stereocenters. The van der Waals surface area contributed by atoms with Crippen LogP contribution in [0.1, 0.15) is 26.3 Å². The van der Waals surface area contributed by atoms with Crippen molar-refractivity contribution < 1.29 is 17.9 Å². The molecule has 0 aromatic heterocycles. The number of benzene rings is 3. The molecule has 0 radical (unpaired) electrons. The zero-order valence-electron chi connectivity index (χ0n) is 19.6. The van der Waals surface area contributed by atoms with Crippen LogP contribution in [-0.2, 0) is 21.4 Å². The minimum atomic E-state index is -3.57. The lowest BCUT2D eigenvalue weighted by atomic mass is 10.1. The second-order valence-corrected chi connectivity index (χ2v) is 10.1. The van der Waals surface area contributed by atoms with Gasteiger partial charge in [0.25, 0.3) is 0 Å². The van der Waals surface area contributed by atoms with E-state index in [4.69, 9.17) is 4.74 Å². The van der Waals surface area contributed by atoms with E-state index in [9.17, 15) is 13.2 Å². The summed E-state index contributed by atoms with van der Waals surface area (Å²) in [5.74, 6) is 0.651. The normalized spacial score (nSPS) is 12.8. The molecule has 3 rings (SSSR count). The minimum Gasteiger partial charge on any atom is -0.497 e. The van der Waals surface area contributed by atoms with Crippen LogP contribution in [0.5, 0.6) is 5.75 Å². The van der Waals surface area contributed by atoms with Gasteiger partial charge in [-0.1, -0.05) is 18.2 Å². The average molecular weight is 470 g/mol. The van der Waals surface area contributed by atoms with E-state index in [0.717, 1.165) is 22.1 Å². The first-order valence-electron chi connectivity index (χ1n) is 10.8. The second kappa shape index (κ2) is 10.3. The lowest BCUT2D eigenvalue weighted by Gasteiger charge is -2.24. The molecule has 3 aromatic carbocycles. The maximum Gasteiger partial charge on any atom is 0.241 e. The number of fused-ring (bicyclic) bond motifs is 1. The molecule has 1 unspecified atom stereocenters. The summed E-state index contributed by atoms with van der Waals surface area (Å²) in [5, 5.41) is 5.07. The highest BCUT2D eigenvalue weighted by Gasteiger charge is 2.19. The molecule has 1 amide bonds. The predicted octanol–water partition coefficient (Wildman–Crippen LogP) is 3.99. The molecular weight excluding hydrogens is 438 g/mol. The monoisotopic (exact) mass is 469 g/mol. The Morgan fingerprint density at radius 2 is 1.61 bits per heavy atom. The first kappa shape index (κ1) is 24.7. The van der Waals surface area contributed by atoms with E-state index >= 15 is 0 Å². The number of carbonyl (C=O) groups excluding carboxylic acids is 1. The maximum atomic E-state index is 12.8. The van der Waals surface area contributed by atoms with E-state index in [2.05, 4.69) is 22.2 Å². The zero-order valence-corrected chi connectivity index (χ0v) is 20.4. The van der Waals surface area contributed by atoms with Gasteiger partial charge in [-0.25, -0.2) is 13.1 Å². The van der Waals surface area contributed by atoms with Crippen molar-refractivity contribution in [3.63, 3.8) is 0 Å². The highest BCUT2D eigenvalue weighted by Crippen LogP contribution is 2.23. The van der Waals surface area contributed by atoms with Crippen molar-refractivity contribution in [2.75, 3.05) is 19.5 Å². The smallest absolute Gasteiger partial charge is 0.241 e. The number of amides is 1. The maximum absolute atomic E-state index is 12.8. The second-order valence-electron chi connectivity index (χ2n) is 8.43. The Morgan fingerprint density at radius 3 is 2.24 bits per heavy atom. The molecule has 33 heavy (non-hydrogen) atoms. The third kappa shape index (κ3) is 6.31. The lowest BCUT2D eigenvalue weighted by Crippen LogP contribution is -2.39. The van der Waals surface area contributed by atoms with Crippen LogP contribution in [0.4, 0.5) is 5.69 Å². The molecule has 0 heterocycles. The Hall–Kier alpha value is -2.94. The molecule has 0 saturated heterocycles. The van der Waals surface area contributed by atoms with E-state index in [-0.39, 0.29) is 22.9 Å². The zero-order chi connectivity index (χ0) is 24.2. The van der Waals surface area contributed by atoms with Crippen LogP contribution < -0.4 is 14.8 Å². The van der Waals surface area contributed by atoms with E-state index < -0.39 is 10.0 Å². The van der Waals surface area contributed by atoms with Crippen molar-refractivity contribution in [1.82, 2.24) is 9.62 Å². The van der Waals surface area contributed by atoms with E-state index in [1.807, 2.05) is 43.1 Å². The topological polar surface area (TPSA) is 87.7 Å². The van der Waals surface area contributed by atoms with Gasteiger partial charge in [-0.3, -0.25) is 9.69 Å². The molecule has 0 aliphatic heterocycles. The Bertz CT molecular complexity index is 1220. The Kier molecular flexibility index (Phi) is 7.73. The van der Waals surface area contributed by atoms with Crippen molar-refractivity contribution in [3.05, 3.63) is 66.2 Å². The van der Waals surface area contributed by atoms with Crippen molar-refractivity contribution in [2.24, 2.45) is 0 Å². The highest BCUT2D eigenvalue weighted by molar-refractivity contribution is 7.89. The van der Waals surface area contributed by atoms with Crippen molar-refractivity contribution in [3.8, 4) is 5.75 Å². The van der Waals surface area contributed by atoms with E-state index in [1.54, 1.807) is 33.1 Å². The van der Waals surface area contributed by atoms with Gasteiger partial charge in [-0.2, -0.15) is 0 Å². The van der Waals surface area contributed by atoms with Gasteiger partial charge in [0.1, 0.15) is 5.75 Å². The molecule has 0 spiro atoms. The Labute approximate surface area is 195 Å². The number of sulfonamides is 1. The summed E-state index contributed by atoms with van der Waals surface area (Å²) in [5.41, 5.74) is 1.64. The number of likely N-dealkylation sites (N-methyl/N-ethyl adjacent to an activating group) is 1. The van der Waals surface area contributed by atoms with Crippen LogP contribution in [0, 0.1) is 0 Å². The number of hydrogen-bond donors (Lipinski definition) is 2. The largest absolute Gasteiger partial charge is 0.497 e. The van der Waals surface area contributed by atoms with Gasteiger partial charge in [0.15, 0.2) is 0 Å². The summed E-state index contributed by atoms with van der Waals surface area (Å²) in [7, 11) is -0.0182. The third-order valence-electron chi connectivity index (χ3n) is 5.41. The fourth-order valence-electron chi connectivity index (χ4n) is 3.47. The first-order chi connectivity index (χ1) is 15.6. The van der Waals surface area contributed by atoms with Gasteiger partial charge < -0.3 is 10.1 Å². The van der Waals surface area contributed by atoms with E-state index in [1.165, 1.54) is 12.1 Å². The minimum absolute atomic E-state index is 0.160. The summed E-state index contributed by atoms with van der Waals surface area (Å²) in [6, 6.07) is 17.7. The van der Waals surface area contributed by atoms with Crippen LogP contribution >= 0.6 is 0 Å². The number of hydrogen-bond acceptors (Lipinski definition) is 5. The Morgan fingerprint density at radius 1 is 0.970 bits per heavy atom. The molecule has 0 bridgehead atoms. The number of carbonyl (C=O) groups is 1. The van der Waals surface area contributed by atoms with Crippen LogP contribution in [0.15, 0.2) is 65.6 Å². The number of ether oxygens (including phenoxy) is 1. The van der Waals surface area contributed by atoms with E-state index in [0.29, 0.717) is 12.2 Å². The van der Waals surface area contributed by atoms with Gasteiger partial charge in [0.2, 0.25) is 15.9 Å². The fraction of sp³-hybridized carbons (Fsp3) is 0.320. The highest BCUT2D eigenvalue weighted by atomic mass is 32.2. The number of nitrogens with zero attached hydrogens (tertiary/aromatic N) is 1. The average Bonchev–Trinajstić information content (AvgIpc) is 2.77. The molecule has 0 aliphatic rings. The van der Waals surface area contributed by atoms with Gasteiger partial charge in [0.05, 0.1) is 18.0 Å². The lowest BCUT2D eigenvalue weighted by molar-refractivity contribution is -0.120. The summed E-state index contributed by atoms with van der Waals surface area (Å²) >= 11 is 0. The van der Waals surface area contributed by atoms with Crippen LogP contribution in [0.3, 0.4) is 0 Å². The quantitative estimate of drug-likeness (QED) is 0.495. The molecule has 3 aromatic rings. The van der Waals surface area contributed by atoms with Gasteiger partial charge >= 0.3 is 0 Å². The number of methoxy groups -OCH3 is 1. The van der Waals surface area contributed by atoms with Gasteiger partial charge in [0, 0.05) is 18.3 Å². The molecule has 0 saturated carbocycles. The van der Waals surface area contributed by atoms with Gasteiger partial charge in [-0.05, 0) is 86.6 Å². The summed E-state index contributed by atoms with van der Waals surface area (Å²) in [6.45, 7) is 5.97. The molecule has 8 heteroatoms. The molecule has 0 fully saturated rings. The number of nitrogens with one attached hydrogen (secondary N) is 2. The van der Waals surface area contributed by atoms with Crippen LogP contribution in [0.25, 0.3) is 10.8 Å². The molecular formula is C25H31N3O4S. The molecule has 2 N–H and O–H groups in total. The van der Waals surface area contributed by atoms with Crippen molar-refractivity contribution >= 4 is 32.4 Å². The number of rotatable bonds is 9. The van der Waals surface area contributed by atoms with Crippen LogP contribution in [-0.4, -0.2) is 45.5 Å². The van der Waals surface area contributed by atoms with Gasteiger partial charge in [-0.15, -0.1) is 0 Å². The summed E-state index contributed by atoms with van der Waals surface area (Å²) in [6.07, 6.45) is 0. The summed E-state index contributed by atoms with van der Waals surface area (Å²) in [4.78, 5) is 14.9. The van der Waals surface area contributed by atoms with Crippen molar-refractivity contribution in [2.45, 2.75) is 44.3 Å². The molecule has 0 aliphatic carbocycles. The molecule has 176 valence electrons. The SMILES string of the molecule is COc1ccc2cc(CN(C)C(C)C(=O)Nc3ccc(S(=O)(=O)NC(C)C)cc3)ccc2c1. The molecule has 7 nitrogen and oxygen atoms in total. The first-order valence-corrected chi connectivity index (χ1v) is 12.3.